The molecule has 19 heavy (non-hydrogen) atoms. The van der Waals surface area contributed by atoms with E-state index in [0.717, 1.165) is 21.4 Å². The highest BCUT2D eigenvalue weighted by Crippen LogP contribution is 2.29. The van der Waals surface area contributed by atoms with Crippen molar-refractivity contribution in [2.75, 3.05) is 0 Å². The smallest absolute Gasteiger partial charge is 0.264 e. The van der Waals surface area contributed by atoms with E-state index < -0.39 is 4.92 Å². The van der Waals surface area contributed by atoms with E-state index in [1.54, 1.807) is 6.07 Å². The lowest BCUT2D eigenvalue weighted by molar-refractivity contribution is -0.385. The molecule has 0 saturated heterocycles. The molecule has 0 spiro atoms. The minimum Gasteiger partial charge on any atom is -0.264 e. The summed E-state index contributed by atoms with van der Waals surface area (Å²) in [7, 11) is 0. The van der Waals surface area contributed by atoms with Gasteiger partial charge in [0.25, 0.3) is 5.69 Å². The summed E-state index contributed by atoms with van der Waals surface area (Å²) in [5.41, 5.74) is 2.79. The molecule has 1 aromatic heterocycles. The summed E-state index contributed by atoms with van der Waals surface area (Å²) in [4.78, 5) is 10.5. The SMILES string of the molecule is Cc1nn(Cc2cccc([N+](=O)[O-])c2Br)c(C)c1Br. The molecule has 0 radical (unpaired) electrons. The summed E-state index contributed by atoms with van der Waals surface area (Å²) in [5.74, 6) is 0. The first-order valence-corrected chi connectivity index (χ1v) is 7.11. The molecule has 0 aliphatic heterocycles. The summed E-state index contributed by atoms with van der Waals surface area (Å²) < 4.78 is 3.29. The lowest BCUT2D eigenvalue weighted by Crippen LogP contribution is -2.05. The Bertz CT molecular complexity index is 653. The van der Waals surface area contributed by atoms with Crippen LogP contribution in [0, 0.1) is 24.0 Å². The number of aryl methyl sites for hydroxylation is 1. The van der Waals surface area contributed by atoms with Gasteiger partial charge in [0, 0.05) is 6.07 Å². The van der Waals surface area contributed by atoms with Crippen molar-refractivity contribution in [3.05, 3.63) is 54.2 Å². The highest BCUT2D eigenvalue weighted by atomic mass is 79.9. The second kappa shape index (κ2) is 5.42. The van der Waals surface area contributed by atoms with E-state index in [1.807, 2.05) is 24.6 Å². The maximum atomic E-state index is 10.9. The average molecular weight is 389 g/mol. The standard InChI is InChI=1S/C12H11Br2N3O2/c1-7-11(13)8(2)16(15-7)6-9-4-3-5-10(12(9)14)17(18)19/h3-5H,6H2,1-2H3. The molecule has 0 aliphatic carbocycles. The minimum absolute atomic E-state index is 0.0677. The van der Waals surface area contributed by atoms with Crippen molar-refractivity contribution in [3.63, 3.8) is 0 Å². The molecule has 0 fully saturated rings. The number of hydrogen-bond donors (Lipinski definition) is 0. The molecule has 0 N–H and O–H groups in total. The van der Waals surface area contributed by atoms with Crippen LogP contribution in [0.4, 0.5) is 5.69 Å². The van der Waals surface area contributed by atoms with Gasteiger partial charge in [-0.15, -0.1) is 0 Å². The maximum absolute atomic E-state index is 10.9. The lowest BCUT2D eigenvalue weighted by Gasteiger charge is -2.07. The third-order valence-electron chi connectivity index (χ3n) is 2.87. The van der Waals surface area contributed by atoms with Crippen LogP contribution >= 0.6 is 31.9 Å². The molecule has 5 nitrogen and oxygen atoms in total. The Hall–Kier alpha value is -1.21. The Balaban J connectivity index is 2.41. The maximum Gasteiger partial charge on any atom is 0.283 e. The predicted octanol–water partition coefficient (Wildman–Crippen LogP) is 3.98. The summed E-state index contributed by atoms with van der Waals surface area (Å²) in [6.45, 7) is 4.35. The average Bonchev–Trinajstić information content (AvgIpc) is 2.59. The first-order chi connectivity index (χ1) is 8.91. The zero-order valence-electron chi connectivity index (χ0n) is 10.4. The van der Waals surface area contributed by atoms with Crippen LogP contribution < -0.4 is 0 Å². The number of benzene rings is 1. The number of aromatic nitrogens is 2. The van der Waals surface area contributed by atoms with E-state index in [9.17, 15) is 10.1 Å². The lowest BCUT2D eigenvalue weighted by atomic mass is 10.2. The molecule has 0 amide bonds. The molecule has 1 heterocycles. The summed E-state index contributed by atoms with van der Waals surface area (Å²) >= 11 is 6.76. The largest absolute Gasteiger partial charge is 0.283 e. The zero-order chi connectivity index (χ0) is 14.2. The van der Waals surface area contributed by atoms with Crippen molar-refractivity contribution in [1.29, 1.82) is 0 Å². The van der Waals surface area contributed by atoms with Gasteiger partial charge < -0.3 is 0 Å². The van der Waals surface area contributed by atoms with Gasteiger partial charge in [-0.1, -0.05) is 12.1 Å². The Morgan fingerprint density at radius 3 is 2.53 bits per heavy atom. The molecule has 7 heteroatoms. The van der Waals surface area contributed by atoms with Crippen LogP contribution in [0.5, 0.6) is 0 Å². The van der Waals surface area contributed by atoms with Crippen molar-refractivity contribution in [2.45, 2.75) is 20.4 Å². The third-order valence-corrected chi connectivity index (χ3v) is 4.93. The van der Waals surface area contributed by atoms with E-state index in [4.69, 9.17) is 0 Å². The van der Waals surface area contributed by atoms with Gasteiger partial charge in [-0.2, -0.15) is 5.10 Å². The Kier molecular flexibility index (Phi) is 4.05. The van der Waals surface area contributed by atoms with Crippen LogP contribution in [-0.2, 0) is 6.54 Å². The monoisotopic (exact) mass is 387 g/mol. The van der Waals surface area contributed by atoms with Crippen LogP contribution in [0.2, 0.25) is 0 Å². The fourth-order valence-electron chi connectivity index (χ4n) is 1.82. The van der Waals surface area contributed by atoms with Crippen LogP contribution in [0.3, 0.4) is 0 Å². The van der Waals surface area contributed by atoms with E-state index in [0.29, 0.717) is 11.0 Å². The highest BCUT2D eigenvalue weighted by molar-refractivity contribution is 9.11. The molecular formula is C12H11Br2N3O2. The normalized spacial score (nSPS) is 10.7. The molecule has 2 rings (SSSR count). The van der Waals surface area contributed by atoms with Gasteiger partial charge in [0.1, 0.15) is 4.47 Å². The number of nitro benzene ring substituents is 1. The van der Waals surface area contributed by atoms with Gasteiger partial charge in [0.15, 0.2) is 0 Å². The molecule has 0 aliphatic rings. The molecule has 2 aromatic rings. The Labute approximate surface area is 127 Å². The number of nitro groups is 1. The van der Waals surface area contributed by atoms with Crippen LogP contribution in [-0.4, -0.2) is 14.7 Å². The van der Waals surface area contributed by atoms with Gasteiger partial charge in [-0.05, 0) is 51.3 Å². The fraction of sp³-hybridized carbons (Fsp3) is 0.250. The molecular weight excluding hydrogens is 378 g/mol. The second-order valence-electron chi connectivity index (χ2n) is 4.15. The van der Waals surface area contributed by atoms with Gasteiger partial charge in [0.2, 0.25) is 0 Å². The highest BCUT2D eigenvalue weighted by Gasteiger charge is 2.16. The van der Waals surface area contributed by atoms with Crippen molar-refractivity contribution < 1.29 is 4.92 Å². The van der Waals surface area contributed by atoms with Crippen LogP contribution in [0.15, 0.2) is 27.1 Å². The van der Waals surface area contributed by atoms with Gasteiger partial charge in [-0.3, -0.25) is 14.8 Å². The number of nitrogens with zero attached hydrogens (tertiary/aromatic N) is 3. The minimum atomic E-state index is -0.398. The molecule has 1 aromatic carbocycles. The van der Waals surface area contributed by atoms with E-state index in [-0.39, 0.29) is 5.69 Å². The quantitative estimate of drug-likeness (QED) is 0.590. The van der Waals surface area contributed by atoms with Crippen molar-refractivity contribution >= 4 is 37.5 Å². The summed E-state index contributed by atoms with van der Waals surface area (Å²) in [6.07, 6.45) is 0. The third kappa shape index (κ3) is 2.71. The van der Waals surface area contributed by atoms with Gasteiger partial charge >= 0.3 is 0 Å². The first-order valence-electron chi connectivity index (χ1n) is 5.53. The van der Waals surface area contributed by atoms with E-state index in [1.165, 1.54) is 6.07 Å². The van der Waals surface area contributed by atoms with Crippen LogP contribution in [0.1, 0.15) is 17.0 Å². The van der Waals surface area contributed by atoms with Gasteiger partial charge in [-0.25, -0.2) is 0 Å². The fourth-order valence-corrected chi connectivity index (χ4v) is 2.64. The zero-order valence-corrected chi connectivity index (χ0v) is 13.5. The number of hydrogen-bond acceptors (Lipinski definition) is 3. The first kappa shape index (κ1) is 14.2. The number of halogens is 2. The van der Waals surface area contributed by atoms with Crippen molar-refractivity contribution in [2.24, 2.45) is 0 Å². The molecule has 0 atom stereocenters. The second-order valence-corrected chi connectivity index (χ2v) is 5.74. The summed E-state index contributed by atoms with van der Waals surface area (Å²) in [6, 6.07) is 5.01. The Morgan fingerprint density at radius 2 is 2.00 bits per heavy atom. The molecule has 100 valence electrons. The molecule has 0 bridgehead atoms. The van der Waals surface area contributed by atoms with Crippen molar-refractivity contribution in [1.82, 2.24) is 9.78 Å². The number of rotatable bonds is 3. The Morgan fingerprint density at radius 1 is 1.32 bits per heavy atom. The topological polar surface area (TPSA) is 61.0 Å². The van der Waals surface area contributed by atoms with Crippen LogP contribution in [0.25, 0.3) is 0 Å². The molecule has 0 saturated carbocycles. The van der Waals surface area contributed by atoms with Gasteiger partial charge in [0.05, 0.1) is 27.3 Å². The summed E-state index contributed by atoms with van der Waals surface area (Å²) in [5, 5.41) is 15.3. The van der Waals surface area contributed by atoms with E-state index in [2.05, 4.69) is 37.0 Å². The van der Waals surface area contributed by atoms with E-state index >= 15 is 0 Å². The van der Waals surface area contributed by atoms with Crippen molar-refractivity contribution in [3.8, 4) is 0 Å². The predicted molar refractivity (Wildman–Crippen MR) is 79.3 cm³/mol. The molecule has 0 unspecified atom stereocenters.